The first-order valence-corrected chi connectivity index (χ1v) is 11.6. The molecule has 0 N–H and O–H groups in total. The van der Waals surface area contributed by atoms with E-state index in [1.54, 1.807) is 0 Å². The lowest BCUT2D eigenvalue weighted by Gasteiger charge is -2.23. The molecule has 2 aromatic rings. The highest BCUT2D eigenvalue weighted by molar-refractivity contribution is 9.10. The minimum atomic E-state index is -0.485. The molecule has 0 saturated heterocycles. The fourth-order valence-corrected chi connectivity index (χ4v) is 4.88. The van der Waals surface area contributed by atoms with Gasteiger partial charge >= 0.3 is 0 Å². The van der Waals surface area contributed by atoms with Gasteiger partial charge in [0.2, 0.25) is 0 Å². The summed E-state index contributed by atoms with van der Waals surface area (Å²) in [6.07, 6.45) is 6.96. The van der Waals surface area contributed by atoms with Crippen LogP contribution in [-0.2, 0) is 11.3 Å². The Bertz CT molecular complexity index is 1010. The van der Waals surface area contributed by atoms with E-state index in [0.717, 1.165) is 71.9 Å². The van der Waals surface area contributed by atoms with Crippen molar-refractivity contribution in [2.75, 3.05) is 0 Å². The molecule has 0 radical (unpaired) electrons. The fraction of sp³-hybridized carbons (Fsp3) is 0.400. The van der Waals surface area contributed by atoms with Crippen molar-refractivity contribution in [1.82, 2.24) is 4.90 Å². The van der Waals surface area contributed by atoms with Crippen LogP contribution in [0, 0.1) is 11.3 Å². The summed E-state index contributed by atoms with van der Waals surface area (Å²) in [6.45, 7) is 2.73. The van der Waals surface area contributed by atoms with Gasteiger partial charge < -0.3 is 0 Å². The van der Waals surface area contributed by atoms with Gasteiger partial charge in [-0.3, -0.25) is 14.7 Å². The number of amidine groups is 1. The molecule has 2 aliphatic rings. The van der Waals surface area contributed by atoms with Crippen LogP contribution in [0.25, 0.3) is 11.1 Å². The number of carbonyl (C=O) groups excluding carboxylic acids is 1. The van der Waals surface area contributed by atoms with Crippen LogP contribution in [0.3, 0.4) is 0 Å². The van der Waals surface area contributed by atoms with E-state index in [0.29, 0.717) is 12.1 Å². The molecule has 2 aromatic carbocycles. The first kappa shape index (κ1) is 20.8. The first-order valence-electron chi connectivity index (χ1n) is 10.8. The van der Waals surface area contributed by atoms with Gasteiger partial charge in [0.25, 0.3) is 5.91 Å². The second kappa shape index (κ2) is 8.73. The molecule has 1 amide bonds. The topological polar surface area (TPSA) is 56.5 Å². The van der Waals surface area contributed by atoms with Crippen LogP contribution in [0.1, 0.15) is 63.0 Å². The third-order valence-electron chi connectivity index (χ3n) is 6.19. The van der Waals surface area contributed by atoms with Gasteiger partial charge in [-0.05, 0) is 48.6 Å². The van der Waals surface area contributed by atoms with Gasteiger partial charge in [0.1, 0.15) is 11.4 Å². The highest BCUT2D eigenvalue weighted by Gasteiger charge is 2.49. The van der Waals surface area contributed by atoms with E-state index in [-0.39, 0.29) is 5.91 Å². The van der Waals surface area contributed by atoms with Gasteiger partial charge in [0, 0.05) is 16.5 Å². The van der Waals surface area contributed by atoms with Crippen molar-refractivity contribution in [3.05, 3.63) is 58.1 Å². The molecule has 0 bridgehead atoms. The normalized spacial score (nSPS) is 17.4. The smallest absolute Gasteiger partial charge is 0.256 e. The third-order valence-corrected chi connectivity index (χ3v) is 6.68. The molecular formula is C25H26BrN3O. The second-order valence-corrected chi connectivity index (χ2v) is 9.18. The highest BCUT2D eigenvalue weighted by atomic mass is 79.9. The number of nitrogens with zero attached hydrogens (tertiary/aromatic N) is 3. The number of rotatable bonds is 6. The fourth-order valence-electron chi connectivity index (χ4n) is 4.52. The number of hydrogen-bond acceptors (Lipinski definition) is 3. The minimum Gasteiger partial charge on any atom is -0.294 e. The maximum atomic E-state index is 13.3. The molecule has 1 aliphatic carbocycles. The van der Waals surface area contributed by atoms with Crippen molar-refractivity contribution in [1.29, 1.82) is 5.26 Å². The molecule has 1 heterocycles. The van der Waals surface area contributed by atoms with E-state index >= 15 is 0 Å². The van der Waals surface area contributed by atoms with Crippen LogP contribution in [-0.4, -0.2) is 22.2 Å². The number of carbonyl (C=O) groups is 1. The summed E-state index contributed by atoms with van der Waals surface area (Å²) in [6, 6.07) is 16.1. The lowest BCUT2D eigenvalue weighted by molar-refractivity contribution is -0.131. The summed E-state index contributed by atoms with van der Waals surface area (Å²) in [4.78, 5) is 20.2. The predicted molar refractivity (Wildman–Crippen MR) is 123 cm³/mol. The van der Waals surface area contributed by atoms with Crippen LogP contribution in [0.2, 0.25) is 0 Å². The van der Waals surface area contributed by atoms with E-state index in [9.17, 15) is 10.1 Å². The molecule has 1 saturated carbocycles. The van der Waals surface area contributed by atoms with E-state index in [1.165, 1.54) is 0 Å². The van der Waals surface area contributed by atoms with Crippen LogP contribution >= 0.6 is 15.9 Å². The molecular weight excluding hydrogens is 438 g/mol. The zero-order valence-corrected chi connectivity index (χ0v) is 18.9. The Morgan fingerprint density at radius 2 is 1.90 bits per heavy atom. The lowest BCUT2D eigenvalue weighted by atomic mass is 9.97. The zero-order valence-electron chi connectivity index (χ0n) is 17.3. The quantitative estimate of drug-likeness (QED) is 0.509. The minimum absolute atomic E-state index is 0.189. The van der Waals surface area contributed by atoms with Crippen molar-refractivity contribution < 1.29 is 4.79 Å². The molecule has 5 heteroatoms. The van der Waals surface area contributed by atoms with E-state index in [2.05, 4.69) is 41.1 Å². The summed E-state index contributed by atoms with van der Waals surface area (Å²) < 4.78 is 0.946. The number of unbranched alkanes of at least 4 members (excludes halogenated alkanes) is 1. The number of hydrogen-bond donors (Lipinski definition) is 0. The summed E-state index contributed by atoms with van der Waals surface area (Å²) in [5, 5.41) is 9.42. The summed E-state index contributed by atoms with van der Waals surface area (Å²) in [5.74, 6) is 1.15. The van der Waals surface area contributed by atoms with E-state index < -0.39 is 5.54 Å². The molecule has 0 atom stereocenters. The van der Waals surface area contributed by atoms with Crippen LogP contribution in [0.4, 0.5) is 0 Å². The van der Waals surface area contributed by atoms with Gasteiger partial charge in [0.05, 0.1) is 18.2 Å². The number of amides is 1. The molecule has 1 spiro atoms. The molecule has 1 aliphatic heterocycles. The van der Waals surface area contributed by atoms with Crippen LogP contribution < -0.4 is 0 Å². The molecule has 0 unspecified atom stereocenters. The Morgan fingerprint density at radius 1 is 1.17 bits per heavy atom. The molecule has 154 valence electrons. The van der Waals surface area contributed by atoms with Crippen LogP contribution in [0.5, 0.6) is 0 Å². The molecule has 4 nitrogen and oxygen atoms in total. The van der Waals surface area contributed by atoms with Crippen molar-refractivity contribution in [3.63, 3.8) is 0 Å². The molecule has 1 fully saturated rings. The van der Waals surface area contributed by atoms with Gasteiger partial charge in [-0.25, -0.2) is 0 Å². The van der Waals surface area contributed by atoms with E-state index in [4.69, 9.17) is 4.99 Å². The molecule has 0 aromatic heterocycles. The average Bonchev–Trinajstić information content (AvgIpc) is 3.33. The first-order chi connectivity index (χ1) is 14.6. The standard InChI is InChI=1S/C25H26BrN3O/c1-2-3-6-23-28-25(13-4-5-14-25)24(30)29(23)17-18-7-9-19(10-8-18)22-15-21(26)12-11-20(22)16-27/h7-12,15H,2-6,13-14,17H2,1H3. The number of aliphatic imine (C=N–C) groups is 1. The number of nitriles is 1. The van der Waals surface area contributed by atoms with Crippen molar-refractivity contribution in [3.8, 4) is 17.2 Å². The Labute approximate surface area is 186 Å². The molecule has 30 heavy (non-hydrogen) atoms. The Hall–Kier alpha value is -2.45. The lowest BCUT2D eigenvalue weighted by Crippen LogP contribution is -2.40. The van der Waals surface area contributed by atoms with Gasteiger partial charge in [0.15, 0.2) is 0 Å². The van der Waals surface area contributed by atoms with Crippen LogP contribution in [0.15, 0.2) is 51.9 Å². The molecule has 4 rings (SSSR count). The Balaban J connectivity index is 1.57. The average molecular weight is 464 g/mol. The van der Waals surface area contributed by atoms with Crippen molar-refractivity contribution in [2.24, 2.45) is 4.99 Å². The van der Waals surface area contributed by atoms with E-state index in [1.807, 2.05) is 35.2 Å². The van der Waals surface area contributed by atoms with Crippen molar-refractivity contribution in [2.45, 2.75) is 64.0 Å². The number of halogens is 1. The van der Waals surface area contributed by atoms with Gasteiger partial charge in [-0.2, -0.15) is 5.26 Å². The largest absolute Gasteiger partial charge is 0.294 e. The predicted octanol–water partition coefficient (Wildman–Crippen LogP) is 6.23. The van der Waals surface area contributed by atoms with Crippen molar-refractivity contribution >= 4 is 27.7 Å². The SMILES string of the molecule is CCCCC1=NC2(CCCC2)C(=O)N1Cc1ccc(-c2cc(Br)ccc2C#N)cc1. The zero-order chi connectivity index (χ0) is 21.1. The van der Waals surface area contributed by atoms with Gasteiger partial charge in [-0.15, -0.1) is 0 Å². The summed E-state index contributed by atoms with van der Waals surface area (Å²) >= 11 is 3.49. The third kappa shape index (κ3) is 3.94. The maximum Gasteiger partial charge on any atom is 0.256 e. The maximum absolute atomic E-state index is 13.3. The Morgan fingerprint density at radius 3 is 2.57 bits per heavy atom. The number of benzene rings is 2. The highest BCUT2D eigenvalue weighted by Crippen LogP contribution is 2.40. The monoisotopic (exact) mass is 463 g/mol. The Kier molecular flexibility index (Phi) is 6.06. The summed E-state index contributed by atoms with van der Waals surface area (Å²) in [7, 11) is 0. The summed E-state index contributed by atoms with van der Waals surface area (Å²) in [5.41, 5.74) is 3.15. The van der Waals surface area contributed by atoms with Gasteiger partial charge in [-0.1, -0.05) is 66.4 Å². The second-order valence-electron chi connectivity index (χ2n) is 8.26.